The lowest BCUT2D eigenvalue weighted by Crippen LogP contribution is -2.20. The zero-order chi connectivity index (χ0) is 15.1. The first kappa shape index (κ1) is 15.6. The van der Waals surface area contributed by atoms with E-state index in [1.54, 1.807) is 7.11 Å². The Morgan fingerprint density at radius 3 is 2.71 bits per heavy atom. The van der Waals surface area contributed by atoms with Crippen molar-refractivity contribution in [3.63, 3.8) is 0 Å². The van der Waals surface area contributed by atoms with E-state index in [2.05, 4.69) is 10.3 Å². The minimum absolute atomic E-state index is 0.118. The first-order chi connectivity index (χ1) is 10.2. The molecule has 0 aliphatic heterocycles. The molecule has 6 heteroatoms. The molecule has 0 bridgehead atoms. The number of nitrogens with one attached hydrogen (secondary N) is 1. The van der Waals surface area contributed by atoms with Crippen LogP contribution in [0.15, 0.2) is 28.8 Å². The molecule has 114 valence electrons. The number of methoxy groups -OCH3 is 1. The van der Waals surface area contributed by atoms with Crippen molar-refractivity contribution in [3.8, 4) is 11.3 Å². The van der Waals surface area contributed by atoms with Gasteiger partial charge in [-0.25, -0.2) is 13.8 Å². The number of hydrogen-bond donors (Lipinski definition) is 1. The SMILES string of the molecule is COCCNCCCc1ncc(-c2c(F)cccc2F)o1. The number of aryl methyl sites for hydroxylation is 1. The number of oxazole rings is 1. The van der Waals surface area contributed by atoms with E-state index in [1.165, 1.54) is 24.4 Å². The van der Waals surface area contributed by atoms with Gasteiger partial charge in [0.25, 0.3) is 0 Å². The molecule has 1 aromatic heterocycles. The van der Waals surface area contributed by atoms with Gasteiger partial charge in [0.1, 0.15) is 11.6 Å². The average Bonchev–Trinajstić information content (AvgIpc) is 2.91. The van der Waals surface area contributed by atoms with Crippen molar-refractivity contribution in [1.82, 2.24) is 10.3 Å². The van der Waals surface area contributed by atoms with Gasteiger partial charge in [-0.1, -0.05) is 6.07 Å². The number of hydrogen-bond acceptors (Lipinski definition) is 4. The normalized spacial score (nSPS) is 11.0. The van der Waals surface area contributed by atoms with Crippen LogP contribution < -0.4 is 5.32 Å². The van der Waals surface area contributed by atoms with Crippen molar-refractivity contribution in [2.45, 2.75) is 12.8 Å². The molecule has 2 rings (SSSR count). The maximum atomic E-state index is 13.6. The monoisotopic (exact) mass is 296 g/mol. The van der Waals surface area contributed by atoms with Crippen molar-refractivity contribution in [2.75, 3.05) is 26.8 Å². The lowest BCUT2D eigenvalue weighted by Gasteiger charge is -2.02. The summed E-state index contributed by atoms with van der Waals surface area (Å²) in [6.07, 6.45) is 2.79. The highest BCUT2D eigenvalue weighted by atomic mass is 19.1. The van der Waals surface area contributed by atoms with E-state index in [0.29, 0.717) is 18.9 Å². The largest absolute Gasteiger partial charge is 0.441 e. The Hall–Kier alpha value is -1.79. The number of nitrogens with zero attached hydrogens (tertiary/aromatic N) is 1. The van der Waals surface area contributed by atoms with Gasteiger partial charge < -0.3 is 14.5 Å². The van der Waals surface area contributed by atoms with Gasteiger partial charge in [-0.15, -0.1) is 0 Å². The number of aromatic nitrogens is 1. The van der Waals surface area contributed by atoms with Crippen molar-refractivity contribution in [2.24, 2.45) is 0 Å². The molecule has 0 saturated heterocycles. The van der Waals surface area contributed by atoms with Crippen molar-refractivity contribution < 1.29 is 17.9 Å². The van der Waals surface area contributed by atoms with Gasteiger partial charge in [-0.05, 0) is 25.1 Å². The topological polar surface area (TPSA) is 47.3 Å². The molecule has 2 aromatic rings. The molecule has 4 nitrogen and oxygen atoms in total. The van der Waals surface area contributed by atoms with Crippen molar-refractivity contribution in [3.05, 3.63) is 41.9 Å². The zero-order valence-corrected chi connectivity index (χ0v) is 11.9. The van der Waals surface area contributed by atoms with E-state index in [9.17, 15) is 8.78 Å². The average molecular weight is 296 g/mol. The molecule has 1 N–H and O–H groups in total. The molecule has 1 aromatic carbocycles. The molecular formula is C15H18F2N2O2. The summed E-state index contributed by atoms with van der Waals surface area (Å²) in [5.74, 6) is -0.716. The second-order valence-electron chi connectivity index (χ2n) is 4.56. The second kappa shape index (κ2) is 7.85. The van der Waals surface area contributed by atoms with Crippen LogP contribution >= 0.6 is 0 Å². The Morgan fingerprint density at radius 2 is 2.00 bits per heavy atom. The van der Waals surface area contributed by atoms with Crippen LogP contribution in [0.5, 0.6) is 0 Å². The Bertz CT molecular complexity index is 552. The fourth-order valence-electron chi connectivity index (χ4n) is 1.94. The Kier molecular flexibility index (Phi) is 5.83. The summed E-state index contributed by atoms with van der Waals surface area (Å²) >= 11 is 0. The third-order valence-corrected chi connectivity index (χ3v) is 2.99. The molecule has 0 unspecified atom stereocenters. The molecular weight excluding hydrogens is 278 g/mol. The van der Waals surface area contributed by atoms with Crippen LogP contribution in [0.4, 0.5) is 8.78 Å². The van der Waals surface area contributed by atoms with Crippen LogP contribution in [0.1, 0.15) is 12.3 Å². The predicted molar refractivity (Wildman–Crippen MR) is 74.9 cm³/mol. The standard InChI is InChI=1S/C15H18F2N2O2/c1-20-9-8-18-7-3-6-14-19-10-13(21-14)15-11(16)4-2-5-12(15)17/h2,4-5,10,18H,3,6-9H2,1H3. The summed E-state index contributed by atoms with van der Waals surface area (Å²) in [5, 5.41) is 3.20. The molecule has 0 spiro atoms. The Balaban J connectivity index is 1.90. The maximum absolute atomic E-state index is 13.6. The van der Waals surface area contributed by atoms with Gasteiger partial charge in [0.05, 0.1) is 18.4 Å². The summed E-state index contributed by atoms with van der Waals surface area (Å²) in [4.78, 5) is 4.06. The van der Waals surface area contributed by atoms with E-state index < -0.39 is 11.6 Å². The van der Waals surface area contributed by atoms with E-state index in [4.69, 9.17) is 9.15 Å². The maximum Gasteiger partial charge on any atom is 0.194 e. The summed E-state index contributed by atoms with van der Waals surface area (Å²) in [6, 6.07) is 3.71. The lowest BCUT2D eigenvalue weighted by molar-refractivity contribution is 0.199. The minimum Gasteiger partial charge on any atom is -0.441 e. The lowest BCUT2D eigenvalue weighted by atomic mass is 10.1. The first-order valence-corrected chi connectivity index (χ1v) is 6.81. The molecule has 21 heavy (non-hydrogen) atoms. The van der Waals surface area contributed by atoms with E-state index in [0.717, 1.165) is 19.5 Å². The van der Waals surface area contributed by atoms with Crippen LogP contribution in [0.2, 0.25) is 0 Å². The van der Waals surface area contributed by atoms with E-state index >= 15 is 0 Å². The van der Waals surface area contributed by atoms with Crippen LogP contribution in [-0.2, 0) is 11.2 Å². The summed E-state index contributed by atoms with van der Waals surface area (Å²) in [5.41, 5.74) is -0.172. The van der Waals surface area contributed by atoms with Gasteiger partial charge >= 0.3 is 0 Å². The van der Waals surface area contributed by atoms with Crippen LogP contribution in [0, 0.1) is 11.6 Å². The summed E-state index contributed by atoms with van der Waals surface area (Å²) in [7, 11) is 1.65. The minimum atomic E-state index is -0.654. The van der Waals surface area contributed by atoms with Gasteiger partial charge in [0.2, 0.25) is 0 Å². The summed E-state index contributed by atoms with van der Waals surface area (Å²) < 4.78 is 37.6. The predicted octanol–water partition coefficient (Wildman–Crippen LogP) is 2.79. The highest BCUT2D eigenvalue weighted by molar-refractivity contribution is 5.58. The molecule has 0 atom stereocenters. The van der Waals surface area contributed by atoms with Crippen LogP contribution in [0.3, 0.4) is 0 Å². The summed E-state index contributed by atoms with van der Waals surface area (Å²) in [6.45, 7) is 2.25. The second-order valence-corrected chi connectivity index (χ2v) is 4.56. The van der Waals surface area contributed by atoms with Crippen LogP contribution in [0.25, 0.3) is 11.3 Å². The van der Waals surface area contributed by atoms with Gasteiger partial charge in [-0.2, -0.15) is 0 Å². The number of halogens is 2. The van der Waals surface area contributed by atoms with Gasteiger partial charge in [-0.3, -0.25) is 0 Å². The first-order valence-electron chi connectivity index (χ1n) is 6.81. The van der Waals surface area contributed by atoms with Crippen molar-refractivity contribution in [1.29, 1.82) is 0 Å². The molecule has 0 saturated carbocycles. The Morgan fingerprint density at radius 1 is 1.24 bits per heavy atom. The quantitative estimate of drug-likeness (QED) is 0.761. The third kappa shape index (κ3) is 4.34. The fourth-order valence-corrected chi connectivity index (χ4v) is 1.94. The Labute approximate surface area is 122 Å². The number of benzene rings is 1. The molecule has 0 aliphatic carbocycles. The van der Waals surface area contributed by atoms with Gasteiger partial charge in [0, 0.05) is 20.1 Å². The zero-order valence-electron chi connectivity index (χ0n) is 11.9. The molecule has 0 radical (unpaired) electrons. The smallest absolute Gasteiger partial charge is 0.194 e. The highest BCUT2D eigenvalue weighted by Crippen LogP contribution is 2.26. The highest BCUT2D eigenvalue weighted by Gasteiger charge is 2.15. The molecule has 0 amide bonds. The van der Waals surface area contributed by atoms with Crippen LogP contribution in [-0.4, -0.2) is 31.8 Å². The van der Waals surface area contributed by atoms with Gasteiger partial charge in [0.15, 0.2) is 11.7 Å². The van der Waals surface area contributed by atoms with E-state index in [-0.39, 0.29) is 11.3 Å². The number of rotatable bonds is 8. The third-order valence-electron chi connectivity index (χ3n) is 2.99. The fraction of sp³-hybridized carbons (Fsp3) is 0.400. The number of ether oxygens (including phenoxy) is 1. The molecule has 1 heterocycles. The van der Waals surface area contributed by atoms with E-state index in [1.807, 2.05) is 0 Å². The molecule has 0 aliphatic rings. The molecule has 0 fully saturated rings. The van der Waals surface area contributed by atoms with Crippen molar-refractivity contribution >= 4 is 0 Å².